The minimum atomic E-state index is -0.544. The minimum absolute atomic E-state index is 0.149. The van der Waals surface area contributed by atoms with Crippen molar-refractivity contribution in [2.45, 2.75) is 38.5 Å². The van der Waals surface area contributed by atoms with E-state index in [-0.39, 0.29) is 28.3 Å². The van der Waals surface area contributed by atoms with Gasteiger partial charge in [-0.3, -0.25) is 19.9 Å². The predicted molar refractivity (Wildman–Crippen MR) is 115 cm³/mol. The number of non-ortho nitro benzene ring substituents is 1. The lowest BCUT2D eigenvalue weighted by Gasteiger charge is -2.55. The number of hydrogen-bond acceptors (Lipinski definition) is 5. The van der Waals surface area contributed by atoms with Crippen LogP contribution in [0.2, 0.25) is 0 Å². The Labute approximate surface area is 180 Å². The zero-order chi connectivity index (χ0) is 21.6. The van der Waals surface area contributed by atoms with Crippen LogP contribution in [0.15, 0.2) is 47.5 Å². The van der Waals surface area contributed by atoms with Gasteiger partial charge in [0.25, 0.3) is 5.69 Å². The van der Waals surface area contributed by atoms with Crippen molar-refractivity contribution in [2.75, 3.05) is 5.32 Å². The Bertz CT molecular complexity index is 1030. The molecule has 0 spiro atoms. The lowest BCUT2D eigenvalue weighted by atomic mass is 9.49. The maximum Gasteiger partial charge on any atom is 0.270 e. The largest absolute Gasteiger partial charge is 0.872 e. The number of nitro groups is 1. The molecule has 4 aliphatic carbocycles. The summed E-state index contributed by atoms with van der Waals surface area (Å²) in [4.78, 5) is 27.8. The van der Waals surface area contributed by atoms with Gasteiger partial charge < -0.3 is 10.4 Å². The number of benzene rings is 2. The van der Waals surface area contributed by atoms with Gasteiger partial charge in [-0.2, -0.15) is 0 Å². The van der Waals surface area contributed by atoms with Crippen molar-refractivity contribution in [3.8, 4) is 5.75 Å². The number of nitro benzene ring substituents is 1. The molecule has 4 aliphatic rings. The second-order valence-corrected chi connectivity index (χ2v) is 9.44. The SMILES string of the molecule is O=C(Nc1ccc(N=Cc2cc([N+](=O)[O-])ccc2[O-])cc1)C12CC3CC(CC(C3)C1)C2. The van der Waals surface area contributed by atoms with Gasteiger partial charge in [0, 0.05) is 24.0 Å². The number of nitrogens with one attached hydrogen (secondary N) is 1. The number of rotatable bonds is 5. The fourth-order valence-corrected chi connectivity index (χ4v) is 6.18. The normalized spacial score (nSPS) is 28.7. The molecule has 0 saturated heterocycles. The Kier molecular flexibility index (Phi) is 4.76. The molecule has 0 unspecified atom stereocenters. The van der Waals surface area contributed by atoms with Gasteiger partial charge in [-0.15, -0.1) is 0 Å². The summed E-state index contributed by atoms with van der Waals surface area (Å²) in [5.74, 6) is 1.97. The zero-order valence-corrected chi connectivity index (χ0v) is 17.1. The quantitative estimate of drug-likeness (QED) is 0.436. The highest BCUT2D eigenvalue weighted by Crippen LogP contribution is 2.60. The second-order valence-electron chi connectivity index (χ2n) is 9.44. The van der Waals surface area contributed by atoms with Gasteiger partial charge in [0.05, 0.1) is 16.0 Å². The van der Waals surface area contributed by atoms with E-state index in [2.05, 4.69) is 10.3 Å². The van der Waals surface area contributed by atoms with E-state index in [4.69, 9.17) is 0 Å². The van der Waals surface area contributed by atoms with Crippen LogP contribution in [-0.4, -0.2) is 17.0 Å². The Morgan fingerprint density at radius 1 is 1.03 bits per heavy atom. The summed E-state index contributed by atoms with van der Waals surface area (Å²) < 4.78 is 0. The topological polar surface area (TPSA) is 108 Å². The third-order valence-corrected chi connectivity index (χ3v) is 7.20. The van der Waals surface area contributed by atoms with Crippen molar-refractivity contribution < 1.29 is 14.8 Å². The van der Waals surface area contributed by atoms with Gasteiger partial charge >= 0.3 is 0 Å². The zero-order valence-electron chi connectivity index (χ0n) is 17.1. The van der Waals surface area contributed by atoms with Crippen LogP contribution >= 0.6 is 0 Å². The number of amides is 1. The number of aliphatic imine (C=N–C) groups is 1. The third-order valence-electron chi connectivity index (χ3n) is 7.20. The van der Waals surface area contributed by atoms with Gasteiger partial charge in [0.2, 0.25) is 5.91 Å². The Balaban J connectivity index is 1.27. The lowest BCUT2D eigenvalue weighted by Crippen LogP contribution is -2.51. The average Bonchev–Trinajstić information content (AvgIpc) is 2.73. The Morgan fingerprint density at radius 2 is 1.65 bits per heavy atom. The fraction of sp³-hybridized carbons (Fsp3) is 0.417. The molecule has 4 fully saturated rings. The van der Waals surface area contributed by atoms with Crippen molar-refractivity contribution in [3.05, 3.63) is 58.1 Å². The summed E-state index contributed by atoms with van der Waals surface area (Å²) in [6, 6.07) is 10.7. The highest BCUT2D eigenvalue weighted by atomic mass is 16.6. The molecule has 31 heavy (non-hydrogen) atoms. The second kappa shape index (κ2) is 7.48. The summed E-state index contributed by atoms with van der Waals surface area (Å²) >= 11 is 0. The standard InChI is InChI=1S/C24H25N3O4/c28-22-6-5-21(27(30)31)10-18(22)14-25-19-1-3-20(4-2-19)26-23(29)24-11-15-7-16(12-24)9-17(8-15)13-24/h1-6,10,14-17,28H,7-9,11-13H2,(H,26,29)/p-1. The molecule has 7 heteroatoms. The first-order chi connectivity index (χ1) is 14.9. The molecular formula is C24H24N3O4-. The Hall–Kier alpha value is -3.22. The number of carbonyl (C=O) groups excluding carboxylic acids is 1. The molecule has 2 aromatic carbocycles. The van der Waals surface area contributed by atoms with E-state index >= 15 is 0 Å². The highest BCUT2D eigenvalue weighted by Gasteiger charge is 2.54. The predicted octanol–water partition coefficient (Wildman–Crippen LogP) is 4.57. The van der Waals surface area contributed by atoms with Crippen LogP contribution in [0.25, 0.3) is 0 Å². The van der Waals surface area contributed by atoms with Crippen LogP contribution in [0.4, 0.5) is 17.1 Å². The highest BCUT2D eigenvalue weighted by molar-refractivity contribution is 5.96. The van der Waals surface area contributed by atoms with E-state index in [9.17, 15) is 20.0 Å². The molecule has 0 aromatic heterocycles. The first-order valence-corrected chi connectivity index (χ1v) is 10.8. The first-order valence-electron chi connectivity index (χ1n) is 10.8. The van der Waals surface area contributed by atoms with Crippen molar-refractivity contribution in [3.63, 3.8) is 0 Å². The van der Waals surface area contributed by atoms with Crippen molar-refractivity contribution in [1.82, 2.24) is 0 Å². The van der Waals surface area contributed by atoms with E-state index in [1.165, 1.54) is 43.7 Å². The van der Waals surface area contributed by atoms with Crippen molar-refractivity contribution in [2.24, 2.45) is 28.2 Å². The molecule has 4 saturated carbocycles. The lowest BCUT2D eigenvalue weighted by molar-refractivity contribution is -0.385. The summed E-state index contributed by atoms with van der Waals surface area (Å²) in [6.07, 6.45) is 8.30. The summed E-state index contributed by atoms with van der Waals surface area (Å²) in [5.41, 5.74) is 1.15. The van der Waals surface area contributed by atoms with Gasteiger partial charge in [-0.05, 0) is 86.1 Å². The van der Waals surface area contributed by atoms with Crippen molar-refractivity contribution in [1.29, 1.82) is 0 Å². The number of nitrogens with zero attached hydrogens (tertiary/aromatic N) is 2. The molecule has 1 amide bonds. The van der Waals surface area contributed by atoms with Gasteiger partial charge in [0.15, 0.2) is 0 Å². The van der Waals surface area contributed by atoms with E-state index in [0.29, 0.717) is 23.4 Å². The molecule has 0 heterocycles. The number of carbonyl (C=O) groups is 1. The summed E-state index contributed by atoms with van der Waals surface area (Å²) in [6.45, 7) is 0. The number of anilines is 1. The molecule has 0 radical (unpaired) electrons. The molecule has 160 valence electrons. The van der Waals surface area contributed by atoms with Crippen molar-refractivity contribution >= 4 is 29.2 Å². The molecule has 0 aliphatic heterocycles. The molecular weight excluding hydrogens is 394 g/mol. The van der Waals surface area contributed by atoms with E-state index in [0.717, 1.165) is 24.9 Å². The average molecular weight is 418 g/mol. The summed E-state index contributed by atoms with van der Waals surface area (Å²) in [7, 11) is 0. The third kappa shape index (κ3) is 3.80. The minimum Gasteiger partial charge on any atom is -0.872 e. The van der Waals surface area contributed by atoms with Gasteiger partial charge in [-0.1, -0.05) is 11.8 Å². The van der Waals surface area contributed by atoms with Crippen LogP contribution in [0.1, 0.15) is 44.1 Å². The smallest absolute Gasteiger partial charge is 0.270 e. The van der Waals surface area contributed by atoms with Gasteiger partial charge in [-0.25, -0.2) is 0 Å². The van der Waals surface area contributed by atoms with E-state index in [1.54, 1.807) is 24.3 Å². The van der Waals surface area contributed by atoms with Crippen LogP contribution in [0, 0.1) is 33.3 Å². The van der Waals surface area contributed by atoms with E-state index < -0.39 is 4.92 Å². The van der Waals surface area contributed by atoms with Gasteiger partial charge in [0.1, 0.15) is 0 Å². The first kappa shape index (κ1) is 19.7. The van der Waals surface area contributed by atoms with E-state index in [1.807, 2.05) is 0 Å². The summed E-state index contributed by atoms with van der Waals surface area (Å²) in [5, 5.41) is 25.9. The van der Waals surface area contributed by atoms with Crippen LogP contribution in [-0.2, 0) is 4.79 Å². The fourth-order valence-electron chi connectivity index (χ4n) is 6.18. The molecule has 7 nitrogen and oxygen atoms in total. The molecule has 1 N–H and O–H groups in total. The molecule has 4 bridgehead atoms. The molecule has 6 rings (SSSR count). The van der Waals surface area contributed by atoms with Crippen LogP contribution in [0.5, 0.6) is 5.75 Å². The maximum atomic E-state index is 13.2. The molecule has 0 atom stereocenters. The maximum absolute atomic E-state index is 13.2. The van der Waals surface area contributed by atoms with Crippen LogP contribution in [0.3, 0.4) is 0 Å². The monoisotopic (exact) mass is 418 g/mol. The number of hydrogen-bond donors (Lipinski definition) is 1. The van der Waals surface area contributed by atoms with Crippen LogP contribution < -0.4 is 10.4 Å². The molecule has 2 aromatic rings. The Morgan fingerprint density at radius 3 is 2.23 bits per heavy atom.